The monoisotopic (exact) mass is 467 g/mol. The fraction of sp³-hybridized carbons (Fsp3) is 0.179. The number of benzene rings is 3. The molecule has 0 radical (unpaired) electrons. The molecule has 2 amide bonds. The summed E-state index contributed by atoms with van der Waals surface area (Å²) in [5, 5.41) is 0.697. The number of nitrogens with zero attached hydrogens (tertiary/aromatic N) is 1. The van der Waals surface area contributed by atoms with Gasteiger partial charge in [-0.2, -0.15) is 0 Å². The molecule has 1 aromatic heterocycles. The van der Waals surface area contributed by atoms with Crippen molar-refractivity contribution in [3.63, 3.8) is 0 Å². The first-order valence-corrected chi connectivity index (χ1v) is 11.5. The van der Waals surface area contributed by atoms with Crippen molar-refractivity contribution < 1.29 is 19.1 Å². The molecule has 0 saturated heterocycles. The second-order valence-corrected chi connectivity index (χ2v) is 8.48. The van der Waals surface area contributed by atoms with E-state index in [1.165, 1.54) is 5.56 Å². The molecule has 7 heteroatoms. The molecule has 35 heavy (non-hydrogen) atoms. The zero-order valence-electron chi connectivity index (χ0n) is 19.5. The molecule has 1 atom stereocenters. The number of aromatic nitrogens is 1. The van der Waals surface area contributed by atoms with Crippen molar-refractivity contribution in [1.29, 1.82) is 0 Å². The maximum absolute atomic E-state index is 13.1. The minimum atomic E-state index is -0.462. The number of rotatable bonds is 5. The number of carbonyl (C=O) groups excluding carboxylic acids is 2. The van der Waals surface area contributed by atoms with Crippen LogP contribution in [0.25, 0.3) is 22.2 Å². The molecule has 7 nitrogen and oxygen atoms in total. The SMILES string of the molecule is CCC(C)c1ccc(-c2cc(C(=O)NNC(=O)c3ccc4c(c3)OCO4)c3ccccc3n2)cc1. The number of pyridine rings is 1. The molecule has 5 rings (SSSR count). The van der Waals surface area contributed by atoms with Gasteiger partial charge in [0.1, 0.15) is 0 Å². The van der Waals surface area contributed by atoms with Crippen LogP contribution in [0.2, 0.25) is 0 Å². The van der Waals surface area contributed by atoms with Crippen LogP contribution in [0.1, 0.15) is 52.5 Å². The van der Waals surface area contributed by atoms with Gasteiger partial charge in [0.05, 0.1) is 16.8 Å². The third kappa shape index (κ3) is 4.53. The summed E-state index contributed by atoms with van der Waals surface area (Å²) in [5.74, 6) is 0.654. The van der Waals surface area contributed by atoms with Crippen molar-refractivity contribution >= 4 is 22.7 Å². The number of fused-ring (bicyclic) bond motifs is 2. The lowest BCUT2D eigenvalue weighted by Gasteiger charge is -2.13. The van der Waals surface area contributed by atoms with Gasteiger partial charge < -0.3 is 9.47 Å². The number of hydrazine groups is 1. The van der Waals surface area contributed by atoms with Crippen LogP contribution in [-0.4, -0.2) is 23.6 Å². The molecule has 1 unspecified atom stereocenters. The lowest BCUT2D eigenvalue weighted by atomic mass is 9.96. The Labute approximate surface area is 203 Å². The largest absolute Gasteiger partial charge is 0.454 e. The highest BCUT2D eigenvalue weighted by atomic mass is 16.7. The van der Waals surface area contributed by atoms with Crippen molar-refractivity contribution in [2.45, 2.75) is 26.2 Å². The number of nitrogens with one attached hydrogen (secondary N) is 2. The highest BCUT2D eigenvalue weighted by molar-refractivity contribution is 6.08. The van der Waals surface area contributed by atoms with E-state index in [1.54, 1.807) is 24.3 Å². The summed E-state index contributed by atoms with van der Waals surface area (Å²) in [6.45, 7) is 4.48. The first kappa shape index (κ1) is 22.4. The minimum Gasteiger partial charge on any atom is -0.454 e. The van der Waals surface area contributed by atoms with Gasteiger partial charge in [-0.25, -0.2) is 4.98 Å². The Balaban J connectivity index is 1.40. The molecule has 1 aliphatic heterocycles. The van der Waals surface area contributed by atoms with Crippen LogP contribution in [0.3, 0.4) is 0 Å². The lowest BCUT2D eigenvalue weighted by molar-refractivity contribution is 0.0847. The van der Waals surface area contributed by atoms with Crippen molar-refractivity contribution in [3.8, 4) is 22.8 Å². The predicted molar refractivity (Wildman–Crippen MR) is 133 cm³/mol. The summed E-state index contributed by atoms with van der Waals surface area (Å²) in [6.07, 6.45) is 1.07. The summed E-state index contributed by atoms with van der Waals surface area (Å²) in [5.41, 5.74) is 9.34. The smallest absolute Gasteiger partial charge is 0.270 e. The molecule has 176 valence electrons. The van der Waals surface area contributed by atoms with E-state index in [-0.39, 0.29) is 6.79 Å². The summed E-state index contributed by atoms with van der Waals surface area (Å²) in [6, 6.07) is 22.3. The molecule has 0 spiro atoms. The summed E-state index contributed by atoms with van der Waals surface area (Å²) < 4.78 is 10.6. The van der Waals surface area contributed by atoms with Crippen LogP contribution < -0.4 is 20.3 Å². The Bertz CT molecular complexity index is 1420. The first-order chi connectivity index (χ1) is 17.0. The van der Waals surface area contributed by atoms with Crippen molar-refractivity contribution in [2.24, 2.45) is 0 Å². The Morgan fingerprint density at radius 2 is 1.66 bits per heavy atom. The highest BCUT2D eigenvalue weighted by Crippen LogP contribution is 2.32. The Morgan fingerprint density at radius 1 is 0.914 bits per heavy atom. The van der Waals surface area contributed by atoms with E-state index in [2.05, 4.69) is 36.8 Å². The third-order valence-electron chi connectivity index (χ3n) is 6.27. The first-order valence-electron chi connectivity index (χ1n) is 11.5. The highest BCUT2D eigenvalue weighted by Gasteiger charge is 2.18. The second kappa shape index (κ2) is 9.46. The van der Waals surface area contributed by atoms with E-state index in [0.29, 0.717) is 45.1 Å². The zero-order valence-corrected chi connectivity index (χ0v) is 19.5. The molecule has 0 aliphatic carbocycles. The van der Waals surface area contributed by atoms with Gasteiger partial charge in [0.2, 0.25) is 6.79 Å². The maximum atomic E-state index is 13.1. The predicted octanol–water partition coefficient (Wildman–Crippen LogP) is 5.22. The van der Waals surface area contributed by atoms with Crippen LogP contribution in [0.15, 0.2) is 72.8 Å². The van der Waals surface area contributed by atoms with E-state index in [0.717, 1.165) is 12.0 Å². The van der Waals surface area contributed by atoms with Gasteiger partial charge in [-0.15, -0.1) is 0 Å². The van der Waals surface area contributed by atoms with E-state index in [9.17, 15) is 9.59 Å². The standard InChI is InChI=1S/C28H25N3O4/c1-3-17(2)18-8-10-19(11-9-18)24-15-22(21-6-4-5-7-23(21)29-24)28(33)31-30-27(32)20-12-13-25-26(14-20)35-16-34-25/h4-15,17H,3,16H2,1-2H3,(H,30,32)(H,31,33). The molecule has 2 heterocycles. The molecule has 4 aromatic rings. The van der Waals surface area contributed by atoms with Gasteiger partial charge in [0, 0.05) is 16.5 Å². The van der Waals surface area contributed by atoms with Crippen LogP contribution in [0.4, 0.5) is 0 Å². The molecule has 0 saturated carbocycles. The van der Waals surface area contributed by atoms with Crippen LogP contribution >= 0.6 is 0 Å². The Morgan fingerprint density at radius 3 is 2.46 bits per heavy atom. The topological polar surface area (TPSA) is 89.6 Å². The summed E-state index contributed by atoms with van der Waals surface area (Å²) >= 11 is 0. The fourth-order valence-electron chi connectivity index (χ4n) is 4.02. The molecular formula is C28H25N3O4. The van der Waals surface area contributed by atoms with E-state index in [1.807, 2.05) is 36.4 Å². The molecule has 0 bridgehead atoms. The number of para-hydroxylation sites is 1. The average Bonchev–Trinajstić information content (AvgIpc) is 3.38. The van der Waals surface area contributed by atoms with Gasteiger partial charge in [-0.05, 0) is 48.2 Å². The van der Waals surface area contributed by atoms with E-state index >= 15 is 0 Å². The number of ether oxygens (including phenoxy) is 2. The number of hydrogen-bond donors (Lipinski definition) is 2. The second-order valence-electron chi connectivity index (χ2n) is 8.48. The number of carbonyl (C=O) groups is 2. The van der Waals surface area contributed by atoms with Crippen molar-refractivity contribution in [2.75, 3.05) is 6.79 Å². The zero-order chi connectivity index (χ0) is 24.4. The minimum absolute atomic E-state index is 0.120. The Hall–Kier alpha value is -4.39. The van der Waals surface area contributed by atoms with Gasteiger partial charge in [0.25, 0.3) is 11.8 Å². The summed E-state index contributed by atoms with van der Waals surface area (Å²) in [7, 11) is 0. The molecule has 0 fully saturated rings. The van der Waals surface area contributed by atoms with Crippen LogP contribution in [0.5, 0.6) is 11.5 Å². The van der Waals surface area contributed by atoms with E-state index in [4.69, 9.17) is 14.5 Å². The average molecular weight is 468 g/mol. The number of amides is 2. The maximum Gasteiger partial charge on any atom is 0.270 e. The van der Waals surface area contributed by atoms with Crippen LogP contribution in [0, 0.1) is 0 Å². The number of hydrogen-bond acceptors (Lipinski definition) is 5. The van der Waals surface area contributed by atoms with E-state index < -0.39 is 11.8 Å². The van der Waals surface area contributed by atoms with Gasteiger partial charge in [-0.3, -0.25) is 20.4 Å². The molecule has 3 aromatic carbocycles. The lowest BCUT2D eigenvalue weighted by Crippen LogP contribution is -2.41. The van der Waals surface area contributed by atoms with Crippen LogP contribution in [-0.2, 0) is 0 Å². The van der Waals surface area contributed by atoms with Gasteiger partial charge in [-0.1, -0.05) is 56.3 Å². The van der Waals surface area contributed by atoms with Gasteiger partial charge >= 0.3 is 0 Å². The molecular weight excluding hydrogens is 442 g/mol. The Kier molecular flexibility index (Phi) is 6.06. The molecule has 1 aliphatic rings. The van der Waals surface area contributed by atoms with Crippen molar-refractivity contribution in [3.05, 3.63) is 89.5 Å². The fourth-order valence-corrected chi connectivity index (χ4v) is 4.02. The normalized spacial score (nSPS) is 12.9. The quantitative estimate of drug-likeness (QED) is 0.393. The van der Waals surface area contributed by atoms with Gasteiger partial charge in [0.15, 0.2) is 11.5 Å². The third-order valence-corrected chi connectivity index (χ3v) is 6.27. The van der Waals surface area contributed by atoms with Crippen molar-refractivity contribution in [1.82, 2.24) is 15.8 Å². The summed E-state index contributed by atoms with van der Waals surface area (Å²) in [4.78, 5) is 30.5. The molecule has 2 N–H and O–H groups in total.